The predicted octanol–water partition coefficient (Wildman–Crippen LogP) is 34.9. The number of benzene rings is 6. The molecular weight excluding hydrogens is 1880 g/mol. The first-order valence-electron chi connectivity index (χ1n) is 49.9. The number of hydrogen-bond donors (Lipinski definition) is 2. The first-order chi connectivity index (χ1) is 68.6. The molecule has 3 aliphatic rings. The molecule has 145 heavy (non-hydrogen) atoms. The minimum Gasteiger partial charge on any atom is -0.469 e. The molecule has 28 heteroatoms. The average Bonchev–Trinajstić information content (AvgIpc) is 1.65. The Balaban J connectivity index is 0.000000217. The van der Waals surface area contributed by atoms with Crippen LogP contribution < -0.4 is 9.47 Å². The summed E-state index contributed by atoms with van der Waals surface area (Å²) >= 11 is 3.15. The lowest BCUT2D eigenvalue weighted by molar-refractivity contribution is -0.143. The van der Waals surface area contributed by atoms with E-state index < -0.39 is 23.7 Å². The molecule has 2 N–H and O–H groups in total. The zero-order valence-electron chi connectivity index (χ0n) is 89.8. The van der Waals surface area contributed by atoms with Gasteiger partial charge in [-0.15, -0.1) is 10.2 Å². The van der Waals surface area contributed by atoms with Gasteiger partial charge in [0.15, 0.2) is 22.9 Å². The fraction of sp³-hybridized carbons (Fsp3) is 0.419. The number of carbonyl (C=O) groups is 1. The molecule has 1 unspecified atom stereocenters. The second-order valence-corrected chi connectivity index (χ2v) is 41.4. The van der Waals surface area contributed by atoms with Crippen molar-refractivity contribution in [1.82, 2.24) is 54.0 Å². The molecule has 12 heterocycles. The van der Waals surface area contributed by atoms with Crippen LogP contribution in [0.15, 0.2) is 284 Å². The summed E-state index contributed by atoms with van der Waals surface area (Å²) in [6.45, 7) is 61.4. The Morgan fingerprint density at radius 3 is 1.57 bits per heavy atom. The number of oxazole rings is 1. The van der Waals surface area contributed by atoms with Gasteiger partial charge in [0.2, 0.25) is 12.7 Å². The van der Waals surface area contributed by atoms with Crippen molar-refractivity contribution in [3.8, 4) is 45.6 Å². The SMILES string of the molecule is CC(C)C1=NN=NC1.CC(C)C1CCN(C(=O)OC(C)(C)C)C1.CC(C)c1c[nH]c2ccccc12.CC(C)c1cc[nH]c1.CC(C)c1ccc(-c2csnn2)cc1.CC(C)c1ccc(-n2ccc(C(F)(F)F)n2)cc1.CC(C)c1ccc2c(c1)OCO2.CC(C)c1ccco1.CC(C)c1ccncc1.CC(C)c1ccsc1.CC(C)c1cnn(-c2ccccc2)c1C(F)(F)F.Cc1nc(-c2ccccc2)oc1C(C)C. The molecule has 0 bridgehead atoms. The number of rotatable bonds is 16. The number of fused-ring (bicyclic) bond motifs is 2. The number of para-hydroxylation sites is 2. The summed E-state index contributed by atoms with van der Waals surface area (Å²) in [7, 11) is 0. The number of hydrogen-bond acceptors (Lipinski definition) is 17. The topological polar surface area (TPSA) is 230 Å². The molecule has 0 saturated carbocycles. The van der Waals surface area contributed by atoms with Crippen molar-refractivity contribution in [2.75, 3.05) is 26.4 Å². The Labute approximate surface area is 864 Å². The van der Waals surface area contributed by atoms with E-state index in [1.54, 1.807) is 73.9 Å². The molecule has 1 fully saturated rings. The van der Waals surface area contributed by atoms with Gasteiger partial charge in [-0.2, -0.15) is 53.0 Å². The van der Waals surface area contributed by atoms with Crippen LogP contribution in [-0.4, -0.2) is 97.8 Å². The van der Waals surface area contributed by atoms with Gasteiger partial charge in [-0.1, -0.05) is 268 Å². The molecule has 1 atom stereocenters. The van der Waals surface area contributed by atoms with Crippen molar-refractivity contribution in [2.24, 2.45) is 33.2 Å². The summed E-state index contributed by atoms with van der Waals surface area (Å²) in [6, 6.07) is 61.9. The van der Waals surface area contributed by atoms with Crippen molar-refractivity contribution in [1.29, 1.82) is 0 Å². The number of alkyl halides is 6. The fourth-order valence-corrected chi connectivity index (χ4v) is 15.6. The van der Waals surface area contributed by atoms with Gasteiger partial charge in [0.25, 0.3) is 0 Å². The first kappa shape index (κ1) is 119. The van der Waals surface area contributed by atoms with Crippen molar-refractivity contribution >= 4 is 45.6 Å². The third kappa shape index (κ3) is 40.3. The summed E-state index contributed by atoms with van der Waals surface area (Å²) in [5.74, 6) is 11.0. The highest BCUT2D eigenvalue weighted by Gasteiger charge is 2.40. The Kier molecular flexibility index (Phi) is 48.4. The molecular formula is C117H152F6N14O6S2. The van der Waals surface area contributed by atoms with Gasteiger partial charge in [-0.25, -0.2) is 19.1 Å². The lowest BCUT2D eigenvalue weighted by Crippen LogP contribution is -2.35. The minimum atomic E-state index is -4.41. The van der Waals surface area contributed by atoms with Crippen molar-refractivity contribution < 1.29 is 54.2 Å². The number of likely N-dealkylation sites (tertiary alicyclic amines) is 1. The normalized spacial score (nSPS) is 12.9. The number of aryl methyl sites for hydroxylation is 1. The van der Waals surface area contributed by atoms with Crippen LogP contribution in [-0.2, 0) is 17.1 Å². The highest BCUT2D eigenvalue weighted by molar-refractivity contribution is 7.08. The van der Waals surface area contributed by atoms with E-state index in [2.05, 4.69) is 291 Å². The molecule has 18 rings (SSSR count). The maximum atomic E-state index is 13.1. The molecule has 0 spiro atoms. The molecule has 20 nitrogen and oxygen atoms in total. The molecule has 1 saturated heterocycles. The zero-order chi connectivity index (χ0) is 107. The lowest BCUT2D eigenvalue weighted by Gasteiger charge is -2.24. The summed E-state index contributed by atoms with van der Waals surface area (Å²) in [5, 5.41) is 30.1. The van der Waals surface area contributed by atoms with Crippen LogP contribution in [0.3, 0.4) is 0 Å². The van der Waals surface area contributed by atoms with Gasteiger partial charge in [0.05, 0.1) is 35.2 Å². The van der Waals surface area contributed by atoms with Gasteiger partial charge >= 0.3 is 18.4 Å². The number of H-pyrrole nitrogens is 2. The number of nitrogens with zero attached hydrogens (tertiary/aromatic N) is 12. The molecule has 1 amide bonds. The maximum absolute atomic E-state index is 13.1. The largest absolute Gasteiger partial charge is 0.469 e. The van der Waals surface area contributed by atoms with Gasteiger partial charge in [-0.3, -0.25) is 4.98 Å². The highest BCUT2D eigenvalue weighted by Crippen LogP contribution is 2.39. The van der Waals surface area contributed by atoms with Crippen molar-refractivity contribution in [3.63, 3.8) is 0 Å². The number of furan rings is 1. The van der Waals surface area contributed by atoms with E-state index in [0.29, 0.717) is 95.7 Å². The van der Waals surface area contributed by atoms with E-state index >= 15 is 0 Å². The van der Waals surface area contributed by atoms with Crippen LogP contribution in [0.25, 0.3) is 45.0 Å². The standard InChI is InChI=1S/2C13H13F3N2.C13H15NO.C12H23NO2.C11H12N2S.C11H13N.C10H12O2.C8H11N.C7H11N.C7H10O.C7H10S.C5H9N3/c1-9(2)10-3-5-11(6-4-10)18-8-7-12(17-18)13(14,15)16;1-9(2)11-8-17-18(12(11)13(14,15)16)10-6-4-3-5-7-10;1-9(2)12-10(3)14-13(15-12)11-7-5-4-6-8-11;1-9(2)10-6-7-13(8-10)11(14)15-12(3,4)5;1-8(2)9-3-5-10(6-4-9)11-7-14-13-12-11;1-8(2)10-7-12-11-6-4-3-5-9(10)11;1-7(2)8-3-4-9-10(5-8)12-6-11-9;1-7(2)8-3-5-9-6-4-8;1-6(2)7-3-4-8-5-7;1-6(2)7-4-3-5-8-7;1-6(2)7-3-4-8-5-7;1-4(2)5-3-6-8-7-5/h2*3-9H,1-2H3;4-9H,1-3H3;9-10H,6-8H2,1-5H3;3-8H,1-2H3;3-8,12H,1-2H3;3-5,7H,6H2,1-2H3;3-7H,1-2H3;3-6,8H,1-2H3;2*3-6H,1-2H3;4H,3H2,1-2H3. The lowest BCUT2D eigenvalue weighted by atomic mass is 9.95. The Bertz CT molecular complexity index is 6060. The van der Waals surface area contributed by atoms with Gasteiger partial charge in [0, 0.05) is 95.1 Å². The molecule has 6 aromatic carbocycles. The number of carbonyl (C=O) groups excluding carboxylic acids is 1. The third-order valence-electron chi connectivity index (χ3n) is 23.2. The summed E-state index contributed by atoms with van der Waals surface area (Å²) in [6.07, 6.45) is 6.19. The van der Waals surface area contributed by atoms with E-state index in [-0.39, 0.29) is 23.2 Å². The van der Waals surface area contributed by atoms with Crippen molar-refractivity contribution in [2.45, 2.75) is 277 Å². The van der Waals surface area contributed by atoms with Crippen LogP contribution in [0.2, 0.25) is 0 Å². The third-order valence-corrected chi connectivity index (χ3v) is 24.5. The monoisotopic (exact) mass is 2030 g/mol. The Hall–Kier alpha value is -12.8. The number of nitrogens with one attached hydrogen (secondary N) is 2. The van der Waals surface area contributed by atoms with Crippen LogP contribution in [0.5, 0.6) is 11.5 Å². The summed E-state index contributed by atoms with van der Waals surface area (Å²) < 4.78 is 109. The number of amides is 1. The second kappa shape index (κ2) is 59.0. The maximum Gasteiger partial charge on any atom is 0.435 e. The van der Waals surface area contributed by atoms with Crippen LogP contribution in [0, 0.1) is 24.7 Å². The fourth-order valence-electron chi connectivity index (χ4n) is 14.3. The predicted molar refractivity (Wildman–Crippen MR) is 582 cm³/mol. The van der Waals surface area contributed by atoms with Crippen LogP contribution >= 0.6 is 22.9 Å². The van der Waals surface area contributed by atoms with Crippen LogP contribution in [0.1, 0.15) is 326 Å². The number of halogens is 6. The van der Waals surface area contributed by atoms with E-state index in [9.17, 15) is 31.1 Å². The Morgan fingerprint density at radius 2 is 1.12 bits per heavy atom. The van der Waals surface area contributed by atoms with Gasteiger partial charge < -0.3 is 37.9 Å². The van der Waals surface area contributed by atoms with Crippen LogP contribution in [0.4, 0.5) is 31.1 Å². The number of ether oxygens (including phenoxy) is 3. The molecule has 9 aromatic heterocycles. The summed E-state index contributed by atoms with van der Waals surface area (Å²) in [5.41, 5.74) is 15.1. The van der Waals surface area contributed by atoms with Crippen molar-refractivity contribution in [3.05, 3.63) is 333 Å². The average molecular weight is 2030 g/mol. The van der Waals surface area contributed by atoms with Gasteiger partial charge in [-0.05, 0) is 263 Å². The number of aromatic nitrogens is 10. The zero-order valence-corrected chi connectivity index (χ0v) is 91.4. The van der Waals surface area contributed by atoms with Gasteiger partial charge in [0.1, 0.15) is 29.4 Å². The molecule has 3 aliphatic heterocycles. The number of aromatic amines is 2. The second-order valence-electron chi connectivity index (χ2n) is 40.0. The quantitative estimate of drug-likeness (QED) is 0.0861. The van der Waals surface area contributed by atoms with E-state index in [4.69, 9.17) is 23.0 Å². The molecule has 0 radical (unpaired) electrons. The number of pyridine rings is 1. The Morgan fingerprint density at radius 1 is 0.538 bits per heavy atom. The highest BCUT2D eigenvalue weighted by atomic mass is 32.1. The van der Waals surface area contributed by atoms with E-state index in [1.165, 1.54) is 72.9 Å². The number of thiophene rings is 1. The smallest absolute Gasteiger partial charge is 0.435 e. The van der Waals surface area contributed by atoms with E-state index in [1.807, 2.05) is 142 Å². The molecule has 780 valence electrons. The minimum absolute atomic E-state index is 0.161. The summed E-state index contributed by atoms with van der Waals surface area (Å²) in [4.78, 5) is 28.2. The molecule has 0 aliphatic carbocycles. The van der Waals surface area contributed by atoms with E-state index in [0.717, 1.165) is 93.0 Å². The molecule has 15 aromatic rings. The first-order valence-corrected chi connectivity index (χ1v) is 51.7.